The van der Waals surface area contributed by atoms with Crippen LogP contribution in [0.3, 0.4) is 0 Å². The molecule has 0 saturated heterocycles. The molecule has 3 nitrogen and oxygen atoms in total. The Kier molecular flexibility index (Phi) is 8.57. The predicted octanol–water partition coefficient (Wildman–Crippen LogP) is 5.05. The van der Waals surface area contributed by atoms with E-state index in [1.807, 2.05) is 49.4 Å². The average molecular weight is 384 g/mol. The average Bonchev–Trinajstić information content (AvgIpc) is 2.66. The van der Waals surface area contributed by atoms with Crippen molar-refractivity contribution in [1.82, 2.24) is 4.72 Å². The van der Waals surface area contributed by atoms with Crippen LogP contribution in [0.4, 0.5) is 0 Å². The van der Waals surface area contributed by atoms with Crippen LogP contribution in [0.15, 0.2) is 59.5 Å². The van der Waals surface area contributed by atoms with E-state index in [0.29, 0.717) is 11.3 Å². The van der Waals surface area contributed by atoms with Crippen molar-refractivity contribution in [3.8, 4) is 11.8 Å². The summed E-state index contributed by atoms with van der Waals surface area (Å²) in [6.07, 6.45) is 5.76. The molecule has 0 radical (unpaired) electrons. The molecule has 144 valence electrons. The highest BCUT2D eigenvalue weighted by Crippen LogP contribution is 2.14. The zero-order valence-electron chi connectivity index (χ0n) is 16.2. The molecule has 27 heavy (non-hydrogen) atoms. The van der Waals surface area contributed by atoms with E-state index in [1.54, 1.807) is 12.1 Å². The van der Waals surface area contributed by atoms with Gasteiger partial charge in [0.15, 0.2) is 0 Å². The zero-order chi connectivity index (χ0) is 19.5. The fraction of sp³-hybridized carbons (Fsp3) is 0.391. The van der Waals surface area contributed by atoms with Crippen LogP contribution in [0.1, 0.15) is 56.6 Å². The second-order valence-electron chi connectivity index (χ2n) is 6.85. The van der Waals surface area contributed by atoms with Crippen LogP contribution in [0.25, 0.3) is 0 Å². The summed E-state index contributed by atoms with van der Waals surface area (Å²) in [5.41, 5.74) is 1.99. The fourth-order valence-corrected chi connectivity index (χ4v) is 4.09. The summed E-state index contributed by atoms with van der Waals surface area (Å²) in [7, 11) is -3.53. The minimum atomic E-state index is -3.53. The minimum absolute atomic E-state index is 0.177. The van der Waals surface area contributed by atoms with E-state index in [1.165, 1.54) is 6.42 Å². The number of sulfonamides is 1. The topological polar surface area (TPSA) is 46.2 Å². The van der Waals surface area contributed by atoms with Gasteiger partial charge in [-0.3, -0.25) is 0 Å². The van der Waals surface area contributed by atoms with E-state index in [2.05, 4.69) is 23.5 Å². The van der Waals surface area contributed by atoms with Gasteiger partial charge in [0.1, 0.15) is 0 Å². The largest absolute Gasteiger partial charge is 0.240 e. The maximum absolute atomic E-state index is 12.7. The van der Waals surface area contributed by atoms with Gasteiger partial charge in [-0.2, -0.15) is 0 Å². The first-order chi connectivity index (χ1) is 13.0. The van der Waals surface area contributed by atoms with E-state index >= 15 is 0 Å². The Morgan fingerprint density at radius 1 is 0.963 bits per heavy atom. The molecule has 1 atom stereocenters. The van der Waals surface area contributed by atoms with Gasteiger partial charge in [-0.25, -0.2) is 13.1 Å². The van der Waals surface area contributed by atoms with Gasteiger partial charge in [-0.05, 0) is 37.6 Å². The highest BCUT2D eigenvalue weighted by molar-refractivity contribution is 7.89. The SMILES string of the molecule is CCCCCCC(CC#Cc1ccccc1)NS(=O)(=O)c1ccc(C)cc1. The van der Waals surface area contributed by atoms with Gasteiger partial charge >= 0.3 is 0 Å². The van der Waals surface area contributed by atoms with Crippen molar-refractivity contribution in [1.29, 1.82) is 0 Å². The Morgan fingerprint density at radius 2 is 1.67 bits per heavy atom. The van der Waals surface area contributed by atoms with Gasteiger partial charge in [0, 0.05) is 18.0 Å². The summed E-state index contributed by atoms with van der Waals surface area (Å²) in [4.78, 5) is 0.308. The summed E-state index contributed by atoms with van der Waals surface area (Å²) < 4.78 is 28.3. The maximum atomic E-state index is 12.7. The molecule has 0 fully saturated rings. The molecule has 1 N–H and O–H groups in total. The third kappa shape index (κ3) is 7.58. The monoisotopic (exact) mass is 383 g/mol. The first-order valence-corrected chi connectivity index (χ1v) is 11.1. The lowest BCUT2D eigenvalue weighted by molar-refractivity contribution is 0.505. The minimum Gasteiger partial charge on any atom is -0.207 e. The Hall–Kier alpha value is -2.09. The molecule has 0 bridgehead atoms. The number of aryl methyl sites for hydroxylation is 1. The van der Waals surface area contributed by atoms with Crippen LogP contribution in [-0.4, -0.2) is 14.5 Å². The van der Waals surface area contributed by atoms with Gasteiger partial charge in [-0.1, -0.05) is 80.3 Å². The predicted molar refractivity (Wildman–Crippen MR) is 112 cm³/mol. The Labute approximate surface area is 164 Å². The third-order valence-electron chi connectivity index (χ3n) is 4.41. The van der Waals surface area contributed by atoms with Crippen molar-refractivity contribution >= 4 is 10.0 Å². The molecule has 0 aromatic heterocycles. The molecule has 0 aliphatic rings. The van der Waals surface area contributed by atoms with Crippen LogP contribution in [0.2, 0.25) is 0 Å². The van der Waals surface area contributed by atoms with Crippen LogP contribution in [0, 0.1) is 18.8 Å². The van der Waals surface area contributed by atoms with Crippen molar-refractivity contribution in [3.05, 3.63) is 65.7 Å². The number of hydrogen-bond acceptors (Lipinski definition) is 2. The van der Waals surface area contributed by atoms with Crippen LogP contribution in [-0.2, 0) is 10.0 Å². The van der Waals surface area contributed by atoms with E-state index in [0.717, 1.165) is 36.8 Å². The van der Waals surface area contributed by atoms with Crippen molar-refractivity contribution in [2.45, 2.75) is 63.3 Å². The molecule has 2 rings (SSSR count). The van der Waals surface area contributed by atoms with Gasteiger partial charge < -0.3 is 0 Å². The molecule has 0 spiro atoms. The van der Waals surface area contributed by atoms with Crippen molar-refractivity contribution in [2.24, 2.45) is 0 Å². The van der Waals surface area contributed by atoms with Crippen LogP contribution < -0.4 is 4.72 Å². The van der Waals surface area contributed by atoms with Gasteiger partial charge in [0.05, 0.1) is 4.90 Å². The second-order valence-corrected chi connectivity index (χ2v) is 8.57. The number of hydrogen-bond donors (Lipinski definition) is 1. The van der Waals surface area contributed by atoms with Gasteiger partial charge in [0.2, 0.25) is 10.0 Å². The second kappa shape index (κ2) is 10.9. The lowest BCUT2D eigenvalue weighted by atomic mass is 10.1. The standard InChI is InChI=1S/C23H29NO2S/c1-3-4-5-9-14-22(15-10-13-21-11-7-6-8-12-21)24-27(25,26)23-18-16-20(2)17-19-23/h6-8,11-12,16-19,22,24H,3-5,9,14-15H2,1-2H3. The van der Waals surface area contributed by atoms with E-state index in [4.69, 9.17) is 0 Å². The maximum Gasteiger partial charge on any atom is 0.240 e. The summed E-state index contributed by atoms with van der Waals surface area (Å²) in [5.74, 6) is 6.27. The number of unbranched alkanes of at least 4 members (excludes halogenated alkanes) is 3. The molecule has 4 heteroatoms. The van der Waals surface area contributed by atoms with E-state index < -0.39 is 10.0 Å². The van der Waals surface area contributed by atoms with E-state index in [9.17, 15) is 8.42 Å². The molecule has 2 aromatic carbocycles. The molecule has 0 saturated carbocycles. The fourth-order valence-electron chi connectivity index (χ4n) is 2.82. The van der Waals surface area contributed by atoms with Crippen molar-refractivity contribution in [2.75, 3.05) is 0 Å². The molecular formula is C23H29NO2S. The zero-order valence-corrected chi connectivity index (χ0v) is 17.1. The van der Waals surface area contributed by atoms with Crippen LogP contribution in [0.5, 0.6) is 0 Å². The molecule has 0 aliphatic carbocycles. The Morgan fingerprint density at radius 3 is 2.33 bits per heavy atom. The smallest absolute Gasteiger partial charge is 0.207 e. The molecule has 0 amide bonds. The van der Waals surface area contributed by atoms with Crippen molar-refractivity contribution in [3.63, 3.8) is 0 Å². The Bertz CT molecular complexity index is 847. The first kappa shape index (κ1) is 21.2. The lowest BCUT2D eigenvalue weighted by Gasteiger charge is -2.17. The normalized spacial score (nSPS) is 12.2. The number of rotatable bonds is 9. The lowest BCUT2D eigenvalue weighted by Crippen LogP contribution is -2.34. The number of benzene rings is 2. The van der Waals surface area contributed by atoms with Crippen LogP contribution >= 0.6 is 0 Å². The molecule has 1 unspecified atom stereocenters. The molecule has 2 aromatic rings. The summed E-state index contributed by atoms with van der Waals surface area (Å²) in [5, 5.41) is 0. The quantitative estimate of drug-likeness (QED) is 0.486. The third-order valence-corrected chi connectivity index (χ3v) is 5.95. The molecular weight excluding hydrogens is 354 g/mol. The summed E-state index contributed by atoms with van der Waals surface area (Å²) in [6.45, 7) is 4.11. The summed E-state index contributed by atoms with van der Waals surface area (Å²) in [6, 6.07) is 16.5. The van der Waals surface area contributed by atoms with Gasteiger partial charge in [0.25, 0.3) is 0 Å². The molecule has 0 aliphatic heterocycles. The van der Waals surface area contributed by atoms with Crippen molar-refractivity contribution < 1.29 is 8.42 Å². The van der Waals surface area contributed by atoms with E-state index in [-0.39, 0.29) is 6.04 Å². The number of nitrogens with one attached hydrogen (secondary N) is 1. The van der Waals surface area contributed by atoms with Gasteiger partial charge in [-0.15, -0.1) is 0 Å². The highest BCUT2D eigenvalue weighted by atomic mass is 32.2. The highest BCUT2D eigenvalue weighted by Gasteiger charge is 2.19. The first-order valence-electron chi connectivity index (χ1n) is 9.64. The summed E-state index contributed by atoms with van der Waals surface area (Å²) >= 11 is 0. The Balaban J connectivity index is 2.06. The molecule has 0 heterocycles.